The van der Waals surface area contributed by atoms with E-state index in [-0.39, 0.29) is 5.15 Å². The van der Waals surface area contributed by atoms with Gasteiger partial charge in [-0.1, -0.05) is 11.6 Å². The van der Waals surface area contributed by atoms with Crippen LogP contribution in [0.1, 0.15) is 0 Å². The van der Waals surface area contributed by atoms with Crippen molar-refractivity contribution in [3.8, 4) is 0 Å². The number of halogens is 3. The first-order chi connectivity index (χ1) is 4.20. The highest BCUT2D eigenvalue weighted by Gasteiger charge is 1.98. The normalized spacial score (nSPS) is 9.67. The van der Waals surface area contributed by atoms with Crippen molar-refractivity contribution in [3.63, 3.8) is 0 Å². The van der Waals surface area contributed by atoms with Crippen molar-refractivity contribution in [3.05, 3.63) is 26.8 Å². The molecule has 0 N–H and O–H groups in total. The van der Waals surface area contributed by atoms with Gasteiger partial charge in [-0.15, -0.1) is 0 Å². The lowest BCUT2D eigenvalue weighted by atomic mass is 10.5. The fourth-order valence-corrected chi connectivity index (χ4v) is 0.833. The maximum atomic E-state index is 12.4. The lowest BCUT2D eigenvalue weighted by Crippen LogP contribution is -1.85. The van der Waals surface area contributed by atoms with Crippen LogP contribution in [-0.4, -0.2) is 4.98 Å². The molecule has 0 aliphatic heterocycles. The van der Waals surface area contributed by atoms with Crippen LogP contribution in [0.25, 0.3) is 0 Å². The topological polar surface area (TPSA) is 12.9 Å². The van der Waals surface area contributed by atoms with Gasteiger partial charge >= 0.3 is 0 Å². The zero-order valence-electron chi connectivity index (χ0n) is 4.24. The zero-order chi connectivity index (χ0) is 6.85. The Morgan fingerprint density at radius 2 is 2.22 bits per heavy atom. The van der Waals surface area contributed by atoms with Crippen LogP contribution in [-0.2, 0) is 0 Å². The highest BCUT2D eigenvalue weighted by Crippen LogP contribution is 2.11. The first kappa shape index (κ1) is 7.21. The Kier molecular flexibility index (Phi) is 2.23. The van der Waals surface area contributed by atoms with E-state index in [4.69, 9.17) is 11.6 Å². The third-order valence-corrected chi connectivity index (χ3v) is 1.78. The second-order valence-corrected chi connectivity index (χ2v) is 2.96. The SMILES string of the molecule is Fc1nc(Cl)ccc1I. The maximum absolute atomic E-state index is 12.4. The van der Waals surface area contributed by atoms with Crippen LogP contribution in [0.3, 0.4) is 0 Å². The molecule has 0 atom stereocenters. The fourth-order valence-electron chi connectivity index (χ4n) is 0.395. The van der Waals surface area contributed by atoms with Gasteiger partial charge in [-0.05, 0) is 34.7 Å². The van der Waals surface area contributed by atoms with Crippen LogP contribution in [0.2, 0.25) is 5.15 Å². The molecular formula is C5H2ClFIN. The number of aromatic nitrogens is 1. The summed E-state index contributed by atoms with van der Waals surface area (Å²) in [7, 11) is 0. The molecule has 0 aliphatic carbocycles. The van der Waals surface area contributed by atoms with Crippen molar-refractivity contribution in [2.45, 2.75) is 0 Å². The number of hydrogen-bond acceptors (Lipinski definition) is 1. The Bertz CT molecular complexity index is 228. The minimum Gasteiger partial charge on any atom is -0.207 e. The van der Waals surface area contributed by atoms with Crippen molar-refractivity contribution in [2.24, 2.45) is 0 Å². The molecule has 4 heteroatoms. The summed E-state index contributed by atoms with van der Waals surface area (Å²) in [5.41, 5.74) is 0. The van der Waals surface area contributed by atoms with Gasteiger partial charge in [-0.25, -0.2) is 4.98 Å². The molecule has 48 valence electrons. The van der Waals surface area contributed by atoms with E-state index < -0.39 is 5.95 Å². The van der Waals surface area contributed by atoms with E-state index in [2.05, 4.69) is 4.98 Å². The minimum atomic E-state index is -0.511. The summed E-state index contributed by atoms with van der Waals surface area (Å²) >= 11 is 7.21. The van der Waals surface area contributed by atoms with Gasteiger partial charge in [0.25, 0.3) is 0 Å². The van der Waals surface area contributed by atoms with Crippen molar-refractivity contribution in [1.82, 2.24) is 4.98 Å². The molecule has 1 aromatic rings. The van der Waals surface area contributed by atoms with Crippen LogP contribution >= 0.6 is 34.2 Å². The second kappa shape index (κ2) is 2.79. The van der Waals surface area contributed by atoms with E-state index in [0.717, 1.165) is 0 Å². The van der Waals surface area contributed by atoms with E-state index in [1.165, 1.54) is 0 Å². The van der Waals surface area contributed by atoms with Gasteiger partial charge in [0.05, 0.1) is 3.57 Å². The summed E-state index contributed by atoms with van der Waals surface area (Å²) in [6.45, 7) is 0. The molecule has 1 rings (SSSR count). The lowest BCUT2D eigenvalue weighted by Gasteiger charge is -1.90. The molecule has 1 aromatic heterocycles. The predicted octanol–water partition coefficient (Wildman–Crippen LogP) is 2.48. The Labute approximate surface area is 70.4 Å². The molecule has 0 amide bonds. The summed E-state index contributed by atoms with van der Waals surface area (Å²) in [4.78, 5) is 3.36. The first-order valence-electron chi connectivity index (χ1n) is 2.17. The minimum absolute atomic E-state index is 0.188. The first-order valence-corrected chi connectivity index (χ1v) is 3.63. The van der Waals surface area contributed by atoms with E-state index >= 15 is 0 Å². The van der Waals surface area contributed by atoms with Gasteiger partial charge in [0.15, 0.2) is 0 Å². The van der Waals surface area contributed by atoms with E-state index in [1.807, 2.05) is 22.6 Å². The van der Waals surface area contributed by atoms with E-state index in [1.54, 1.807) is 12.1 Å². The summed E-state index contributed by atoms with van der Waals surface area (Å²) in [6, 6.07) is 3.12. The van der Waals surface area contributed by atoms with Crippen molar-refractivity contribution >= 4 is 34.2 Å². The Morgan fingerprint density at radius 1 is 1.56 bits per heavy atom. The van der Waals surface area contributed by atoms with Crippen molar-refractivity contribution in [1.29, 1.82) is 0 Å². The van der Waals surface area contributed by atoms with Crippen LogP contribution in [0, 0.1) is 9.52 Å². The van der Waals surface area contributed by atoms with Crippen LogP contribution in [0.15, 0.2) is 12.1 Å². The van der Waals surface area contributed by atoms with Gasteiger partial charge in [0.2, 0.25) is 5.95 Å². The molecule has 0 saturated carbocycles. The number of hydrogen-bond donors (Lipinski definition) is 0. The van der Waals surface area contributed by atoms with Gasteiger partial charge in [-0.3, -0.25) is 0 Å². The smallest absolute Gasteiger partial charge is 0.207 e. The predicted molar refractivity (Wildman–Crippen MR) is 41.9 cm³/mol. The third kappa shape index (κ3) is 1.76. The number of pyridine rings is 1. The fraction of sp³-hybridized carbons (Fsp3) is 0. The molecule has 1 heterocycles. The van der Waals surface area contributed by atoms with Crippen LogP contribution in [0.5, 0.6) is 0 Å². The summed E-state index contributed by atoms with van der Waals surface area (Å²) in [6.07, 6.45) is 0. The molecule has 0 aromatic carbocycles. The molecule has 0 unspecified atom stereocenters. The van der Waals surface area contributed by atoms with Gasteiger partial charge in [0, 0.05) is 0 Å². The summed E-state index contributed by atoms with van der Waals surface area (Å²) in [5, 5.41) is 0.188. The molecule has 0 aliphatic rings. The average molecular weight is 257 g/mol. The molecule has 0 saturated heterocycles. The standard InChI is InChI=1S/C5H2ClFIN/c6-4-2-1-3(8)5(7)9-4/h1-2H. The molecule has 0 bridgehead atoms. The second-order valence-electron chi connectivity index (χ2n) is 1.41. The van der Waals surface area contributed by atoms with Crippen LogP contribution < -0.4 is 0 Å². The maximum Gasteiger partial charge on any atom is 0.227 e. The Morgan fingerprint density at radius 3 is 2.67 bits per heavy atom. The number of rotatable bonds is 0. The monoisotopic (exact) mass is 257 g/mol. The molecule has 9 heavy (non-hydrogen) atoms. The molecule has 0 fully saturated rings. The summed E-state index contributed by atoms with van der Waals surface area (Å²) < 4.78 is 12.9. The largest absolute Gasteiger partial charge is 0.227 e. The summed E-state index contributed by atoms with van der Waals surface area (Å²) in [5.74, 6) is -0.511. The number of nitrogens with zero attached hydrogens (tertiary/aromatic N) is 1. The molecule has 0 radical (unpaired) electrons. The molecule has 0 spiro atoms. The lowest BCUT2D eigenvalue weighted by molar-refractivity contribution is 0.576. The highest BCUT2D eigenvalue weighted by molar-refractivity contribution is 14.1. The van der Waals surface area contributed by atoms with Gasteiger partial charge in [0.1, 0.15) is 5.15 Å². The third-order valence-electron chi connectivity index (χ3n) is 0.769. The molecular weight excluding hydrogens is 255 g/mol. The van der Waals surface area contributed by atoms with Gasteiger partial charge in [-0.2, -0.15) is 4.39 Å². The van der Waals surface area contributed by atoms with Gasteiger partial charge < -0.3 is 0 Å². The van der Waals surface area contributed by atoms with Crippen molar-refractivity contribution < 1.29 is 4.39 Å². The van der Waals surface area contributed by atoms with Crippen LogP contribution in [0.4, 0.5) is 4.39 Å². The molecule has 1 nitrogen and oxygen atoms in total. The quantitative estimate of drug-likeness (QED) is 0.514. The Balaban J connectivity index is 3.17. The average Bonchev–Trinajstić information content (AvgIpc) is 1.80. The van der Waals surface area contributed by atoms with Crippen molar-refractivity contribution in [2.75, 3.05) is 0 Å². The zero-order valence-corrected chi connectivity index (χ0v) is 7.15. The van der Waals surface area contributed by atoms with E-state index in [0.29, 0.717) is 3.57 Å². The highest BCUT2D eigenvalue weighted by atomic mass is 127. The Hall–Kier alpha value is 0.100. The van der Waals surface area contributed by atoms with E-state index in [9.17, 15) is 4.39 Å².